The van der Waals surface area contributed by atoms with Gasteiger partial charge in [0.2, 0.25) is 0 Å². The highest BCUT2D eigenvalue weighted by molar-refractivity contribution is 9.10. The number of Topliss-reactive ketones (excluding diaryl/α,β-unsaturated/α-hetero) is 1. The third-order valence-corrected chi connectivity index (χ3v) is 5.87. The summed E-state index contributed by atoms with van der Waals surface area (Å²) in [6, 6.07) is 12.8. The zero-order valence-electron chi connectivity index (χ0n) is 12.5. The molecule has 0 aliphatic heterocycles. The zero-order valence-corrected chi connectivity index (χ0v) is 14.9. The lowest BCUT2D eigenvalue weighted by molar-refractivity contribution is 0.101. The van der Waals surface area contributed by atoms with Gasteiger partial charge in [-0.1, -0.05) is 15.9 Å². The van der Waals surface area contributed by atoms with E-state index in [-0.39, 0.29) is 16.2 Å². The number of halogens is 1. The van der Waals surface area contributed by atoms with Gasteiger partial charge < -0.3 is 0 Å². The highest BCUT2D eigenvalue weighted by Gasteiger charge is 2.22. The van der Waals surface area contributed by atoms with E-state index in [2.05, 4.69) is 15.9 Å². The smallest absolute Gasteiger partial charge is 0.268 e. The lowest BCUT2D eigenvalue weighted by Crippen LogP contribution is -2.11. The van der Waals surface area contributed by atoms with E-state index in [9.17, 15) is 13.2 Å². The second-order valence-electron chi connectivity index (χ2n) is 5.20. The van der Waals surface area contributed by atoms with Gasteiger partial charge in [-0.25, -0.2) is 12.4 Å². The van der Waals surface area contributed by atoms with Gasteiger partial charge in [-0.3, -0.25) is 4.79 Å². The summed E-state index contributed by atoms with van der Waals surface area (Å²) in [5.41, 5.74) is 0.994. The summed E-state index contributed by atoms with van der Waals surface area (Å²) >= 11 is 3.27. The number of carbonyl (C=O) groups excluding carboxylic acids is 1. The normalized spacial score (nSPS) is 11.4. The number of nitrogens with zero attached hydrogens (tertiary/aromatic N) is 2. The van der Waals surface area contributed by atoms with Gasteiger partial charge >= 0.3 is 0 Å². The van der Waals surface area contributed by atoms with E-state index in [4.69, 9.17) is 5.26 Å². The quantitative estimate of drug-likeness (QED) is 0.625. The molecule has 0 saturated carbocycles. The van der Waals surface area contributed by atoms with Crippen LogP contribution in [0.15, 0.2) is 58.0 Å². The molecule has 7 heteroatoms. The van der Waals surface area contributed by atoms with Crippen molar-refractivity contribution in [3.05, 3.63) is 64.3 Å². The van der Waals surface area contributed by atoms with Crippen LogP contribution in [0.5, 0.6) is 0 Å². The van der Waals surface area contributed by atoms with Crippen molar-refractivity contribution < 1.29 is 13.2 Å². The largest absolute Gasteiger partial charge is 0.294 e. The Hall–Kier alpha value is -2.43. The van der Waals surface area contributed by atoms with Gasteiger partial charge in [0.1, 0.15) is 0 Å². The van der Waals surface area contributed by atoms with E-state index < -0.39 is 10.0 Å². The van der Waals surface area contributed by atoms with Crippen molar-refractivity contribution in [1.29, 1.82) is 5.26 Å². The molecule has 0 fully saturated rings. The van der Waals surface area contributed by atoms with E-state index in [0.29, 0.717) is 16.5 Å². The first-order valence-corrected chi connectivity index (χ1v) is 9.15. The Bertz CT molecular complexity index is 1110. The van der Waals surface area contributed by atoms with E-state index in [1.54, 1.807) is 12.1 Å². The number of benzene rings is 2. The molecular weight excluding hydrogens is 392 g/mol. The van der Waals surface area contributed by atoms with E-state index in [1.807, 2.05) is 6.07 Å². The molecule has 3 aromatic rings. The maximum Gasteiger partial charge on any atom is 0.268 e. The highest BCUT2D eigenvalue weighted by Crippen LogP contribution is 2.28. The van der Waals surface area contributed by atoms with Crippen molar-refractivity contribution >= 4 is 42.6 Å². The van der Waals surface area contributed by atoms with Crippen LogP contribution in [-0.2, 0) is 10.0 Å². The molecule has 0 radical (unpaired) electrons. The maximum absolute atomic E-state index is 12.9. The molecule has 0 aliphatic rings. The third kappa shape index (κ3) is 2.64. The molecule has 0 saturated heterocycles. The summed E-state index contributed by atoms with van der Waals surface area (Å²) in [6.07, 6.45) is 1.31. The van der Waals surface area contributed by atoms with Crippen LogP contribution in [0, 0.1) is 11.3 Å². The standard InChI is InChI=1S/C17H11BrN2O3S/c1-11(21)16-10-20(17-7-2-12(9-19)8-15(16)17)24(22,23)14-5-3-13(18)4-6-14/h2-8,10H,1H3. The van der Waals surface area contributed by atoms with Crippen molar-refractivity contribution in [2.24, 2.45) is 0 Å². The molecule has 0 amide bonds. The first kappa shape index (κ1) is 16.4. The Morgan fingerprint density at radius 1 is 1.17 bits per heavy atom. The van der Waals surface area contributed by atoms with E-state index >= 15 is 0 Å². The third-order valence-electron chi connectivity index (χ3n) is 3.65. The Balaban J connectivity index is 2.32. The van der Waals surface area contributed by atoms with Gasteiger partial charge in [0, 0.05) is 21.6 Å². The Labute approximate surface area is 147 Å². The molecule has 1 heterocycles. The number of aromatic nitrogens is 1. The molecule has 120 valence electrons. The minimum atomic E-state index is -3.85. The van der Waals surface area contributed by atoms with Crippen LogP contribution in [0.3, 0.4) is 0 Å². The van der Waals surface area contributed by atoms with E-state index in [1.165, 1.54) is 43.5 Å². The van der Waals surface area contributed by atoms with Crippen molar-refractivity contribution in [3.63, 3.8) is 0 Å². The van der Waals surface area contributed by atoms with Crippen LogP contribution in [0.4, 0.5) is 0 Å². The summed E-state index contributed by atoms with van der Waals surface area (Å²) in [6.45, 7) is 1.37. The first-order chi connectivity index (χ1) is 11.3. The summed E-state index contributed by atoms with van der Waals surface area (Å²) in [4.78, 5) is 12.0. The van der Waals surface area contributed by atoms with Crippen LogP contribution in [0.1, 0.15) is 22.8 Å². The first-order valence-electron chi connectivity index (χ1n) is 6.92. The second kappa shape index (κ2) is 5.89. The van der Waals surface area contributed by atoms with Crippen LogP contribution in [-0.4, -0.2) is 18.2 Å². The molecule has 3 rings (SSSR count). The topological polar surface area (TPSA) is 79.9 Å². The number of ketones is 1. The maximum atomic E-state index is 12.9. The summed E-state index contributed by atoms with van der Waals surface area (Å²) in [5.74, 6) is -0.264. The molecule has 0 atom stereocenters. The van der Waals surface area contributed by atoms with Crippen LogP contribution in [0.2, 0.25) is 0 Å². The fraction of sp³-hybridized carbons (Fsp3) is 0.0588. The molecule has 0 spiro atoms. The van der Waals surface area contributed by atoms with Crippen molar-refractivity contribution in [3.8, 4) is 6.07 Å². The van der Waals surface area contributed by atoms with Crippen LogP contribution >= 0.6 is 15.9 Å². The average Bonchev–Trinajstić information content (AvgIpc) is 2.94. The molecule has 0 aliphatic carbocycles. The number of hydrogen-bond acceptors (Lipinski definition) is 4. The molecule has 0 bridgehead atoms. The molecular formula is C17H11BrN2O3S. The number of carbonyl (C=O) groups is 1. The Morgan fingerprint density at radius 2 is 1.83 bits per heavy atom. The molecule has 2 aromatic carbocycles. The van der Waals surface area contributed by atoms with Gasteiger partial charge in [0.05, 0.1) is 22.0 Å². The Kier molecular flexibility index (Phi) is 4.03. The van der Waals surface area contributed by atoms with Crippen molar-refractivity contribution in [1.82, 2.24) is 3.97 Å². The van der Waals surface area contributed by atoms with Crippen LogP contribution < -0.4 is 0 Å². The summed E-state index contributed by atoms with van der Waals surface area (Å²) in [7, 11) is -3.85. The fourth-order valence-corrected chi connectivity index (χ4v) is 4.10. The van der Waals surface area contributed by atoms with Gasteiger partial charge in [-0.05, 0) is 49.4 Å². The summed E-state index contributed by atoms with van der Waals surface area (Å²) in [5, 5.41) is 9.48. The van der Waals surface area contributed by atoms with Gasteiger partial charge in [-0.15, -0.1) is 0 Å². The number of fused-ring (bicyclic) bond motifs is 1. The Morgan fingerprint density at radius 3 is 2.42 bits per heavy atom. The minimum Gasteiger partial charge on any atom is -0.294 e. The molecule has 5 nitrogen and oxygen atoms in total. The van der Waals surface area contributed by atoms with Crippen molar-refractivity contribution in [2.45, 2.75) is 11.8 Å². The van der Waals surface area contributed by atoms with E-state index in [0.717, 1.165) is 8.45 Å². The minimum absolute atomic E-state index is 0.113. The zero-order chi connectivity index (χ0) is 17.5. The van der Waals surface area contributed by atoms with Gasteiger partial charge in [0.15, 0.2) is 5.78 Å². The molecule has 0 N–H and O–H groups in total. The lowest BCUT2D eigenvalue weighted by atomic mass is 10.1. The predicted molar refractivity (Wildman–Crippen MR) is 93.4 cm³/mol. The number of rotatable bonds is 3. The summed E-state index contributed by atoms with van der Waals surface area (Å²) < 4.78 is 27.7. The SMILES string of the molecule is CC(=O)c1cn(S(=O)(=O)c2ccc(Br)cc2)c2ccc(C#N)cc12. The highest BCUT2D eigenvalue weighted by atomic mass is 79.9. The number of hydrogen-bond donors (Lipinski definition) is 0. The lowest BCUT2D eigenvalue weighted by Gasteiger charge is -2.07. The van der Waals surface area contributed by atoms with Crippen LogP contribution in [0.25, 0.3) is 10.9 Å². The second-order valence-corrected chi connectivity index (χ2v) is 7.93. The average molecular weight is 403 g/mol. The predicted octanol–water partition coefficient (Wildman–Crippen LogP) is 3.72. The van der Waals surface area contributed by atoms with Gasteiger partial charge in [0.25, 0.3) is 10.0 Å². The monoisotopic (exact) mass is 402 g/mol. The molecule has 0 unspecified atom stereocenters. The van der Waals surface area contributed by atoms with Gasteiger partial charge in [-0.2, -0.15) is 5.26 Å². The molecule has 24 heavy (non-hydrogen) atoms. The number of nitriles is 1. The van der Waals surface area contributed by atoms with Crippen molar-refractivity contribution in [2.75, 3.05) is 0 Å². The fourth-order valence-electron chi connectivity index (χ4n) is 2.47. The molecule has 1 aromatic heterocycles.